The van der Waals surface area contributed by atoms with Gasteiger partial charge in [-0.05, 0) is 31.0 Å². The molecule has 164 valence electrons. The van der Waals surface area contributed by atoms with Crippen LogP contribution in [0.15, 0.2) is 30.6 Å². The molecule has 2 atom stereocenters. The number of halogens is 3. The largest absolute Gasteiger partial charge is 0.424 e. The smallest absolute Gasteiger partial charge is 0.421 e. The topological polar surface area (TPSA) is 81.6 Å². The molecule has 0 saturated carbocycles. The minimum absolute atomic E-state index is 0.0266. The number of hydrogen-bond acceptors (Lipinski definition) is 6. The number of rotatable bonds is 4. The highest BCUT2D eigenvalue weighted by Gasteiger charge is 2.57. The fourth-order valence-electron chi connectivity index (χ4n) is 3.72. The lowest BCUT2D eigenvalue weighted by Gasteiger charge is -2.27. The fourth-order valence-corrected chi connectivity index (χ4v) is 3.72. The fraction of sp³-hybridized carbons (Fsp3) is 0.429. The first-order chi connectivity index (χ1) is 14.5. The highest BCUT2D eigenvalue weighted by Crippen LogP contribution is 2.48. The van der Waals surface area contributed by atoms with Crippen LogP contribution in [0.3, 0.4) is 0 Å². The van der Waals surface area contributed by atoms with Gasteiger partial charge in [-0.25, -0.2) is 14.9 Å². The third kappa shape index (κ3) is 3.34. The monoisotopic (exact) mass is 435 g/mol. The van der Waals surface area contributed by atoms with Gasteiger partial charge in [0.25, 0.3) is 0 Å². The van der Waals surface area contributed by atoms with Crippen LogP contribution < -0.4 is 9.64 Å². The molecule has 0 spiro atoms. The predicted octanol–water partition coefficient (Wildman–Crippen LogP) is 4.26. The van der Waals surface area contributed by atoms with Crippen molar-refractivity contribution in [1.82, 2.24) is 9.97 Å². The van der Waals surface area contributed by atoms with E-state index in [1.54, 1.807) is 6.92 Å². The van der Waals surface area contributed by atoms with E-state index < -0.39 is 17.2 Å². The Morgan fingerprint density at radius 2 is 1.87 bits per heavy atom. The maximum Gasteiger partial charge on any atom is 0.421 e. The molecule has 3 heterocycles. The number of amides is 2. The van der Waals surface area contributed by atoms with Crippen LogP contribution in [-0.2, 0) is 26.5 Å². The van der Waals surface area contributed by atoms with E-state index in [0.717, 1.165) is 11.8 Å². The Morgan fingerprint density at radius 3 is 2.45 bits per heavy atom. The number of benzene rings is 1. The average Bonchev–Trinajstić information content (AvgIpc) is 3.17. The summed E-state index contributed by atoms with van der Waals surface area (Å²) in [5, 5.41) is 0. The second kappa shape index (κ2) is 7.01. The minimum atomic E-state index is -4.59. The predicted molar refractivity (Wildman–Crippen MR) is 102 cm³/mol. The van der Waals surface area contributed by atoms with Crippen LogP contribution in [0.5, 0.6) is 11.8 Å². The maximum absolute atomic E-state index is 13.5. The highest BCUT2D eigenvalue weighted by atomic mass is 19.4. The van der Waals surface area contributed by atoms with E-state index in [-0.39, 0.29) is 47.9 Å². The molecule has 2 aliphatic rings. The zero-order chi connectivity index (χ0) is 22.6. The standard InChI is InChI=1S/C21H20F3N3O4/c1-4-19(2)8-16(28)27(17(19)29)13-9-25-18(26-10-13)31-14-6-5-12-11-30-20(3,15(12)7-14)21(22,23)24/h5-7,9-10H,4,8,11H2,1-3H3/t19-,20?/m0/s1. The van der Waals surface area contributed by atoms with Crippen LogP contribution in [0.1, 0.15) is 44.7 Å². The SMILES string of the molecule is CC[C@@]1(C)CC(=O)N(c2cnc(Oc3ccc4c(c3)C(C)(C(F)(F)F)OC4)nc2)C1=O. The van der Waals surface area contributed by atoms with Gasteiger partial charge in [0, 0.05) is 12.0 Å². The molecule has 1 aromatic heterocycles. The lowest BCUT2D eigenvalue weighted by atomic mass is 9.86. The molecule has 0 bridgehead atoms. The van der Waals surface area contributed by atoms with E-state index in [2.05, 4.69) is 9.97 Å². The van der Waals surface area contributed by atoms with E-state index in [4.69, 9.17) is 9.47 Å². The van der Waals surface area contributed by atoms with Crippen LogP contribution in [0.25, 0.3) is 0 Å². The molecule has 2 aromatic rings. The Hall–Kier alpha value is -3.01. The molecule has 7 nitrogen and oxygen atoms in total. The Kier molecular flexibility index (Phi) is 4.80. The number of alkyl halides is 3. The Balaban J connectivity index is 1.56. The molecule has 1 fully saturated rings. The minimum Gasteiger partial charge on any atom is -0.424 e. The molecule has 1 saturated heterocycles. The van der Waals surface area contributed by atoms with Crippen molar-refractivity contribution < 1.29 is 32.2 Å². The zero-order valence-corrected chi connectivity index (χ0v) is 17.1. The summed E-state index contributed by atoms with van der Waals surface area (Å²) in [5.41, 5.74) is -2.57. The second-order valence-electron chi connectivity index (χ2n) is 8.09. The van der Waals surface area contributed by atoms with E-state index >= 15 is 0 Å². The summed E-state index contributed by atoms with van der Waals surface area (Å²) in [5.74, 6) is -0.543. The molecule has 0 N–H and O–H groups in total. The van der Waals surface area contributed by atoms with Crippen molar-refractivity contribution in [2.24, 2.45) is 5.41 Å². The van der Waals surface area contributed by atoms with Crippen LogP contribution in [0, 0.1) is 5.41 Å². The molecule has 0 radical (unpaired) electrons. The Labute approximate surface area is 176 Å². The van der Waals surface area contributed by atoms with Crippen LogP contribution in [-0.4, -0.2) is 28.0 Å². The number of ether oxygens (including phenoxy) is 2. The third-order valence-corrected chi connectivity index (χ3v) is 6.02. The molecule has 2 amide bonds. The van der Waals surface area contributed by atoms with E-state index in [9.17, 15) is 22.8 Å². The van der Waals surface area contributed by atoms with Crippen LogP contribution in [0.2, 0.25) is 0 Å². The Bertz CT molecular complexity index is 1060. The Morgan fingerprint density at radius 1 is 1.19 bits per heavy atom. The number of anilines is 1. The van der Waals surface area contributed by atoms with E-state index in [0.29, 0.717) is 12.0 Å². The van der Waals surface area contributed by atoms with Gasteiger partial charge in [0.1, 0.15) is 5.75 Å². The van der Waals surface area contributed by atoms with E-state index in [1.807, 2.05) is 6.92 Å². The number of fused-ring (bicyclic) bond motifs is 1. The van der Waals surface area contributed by atoms with Crippen LogP contribution in [0.4, 0.5) is 18.9 Å². The average molecular weight is 435 g/mol. The van der Waals surface area contributed by atoms with Crippen molar-refractivity contribution in [2.45, 2.75) is 52.0 Å². The summed E-state index contributed by atoms with van der Waals surface area (Å²) in [6.07, 6.45) is -1.41. The van der Waals surface area contributed by atoms with Crippen molar-refractivity contribution in [1.29, 1.82) is 0 Å². The van der Waals surface area contributed by atoms with Gasteiger partial charge in [-0.2, -0.15) is 13.2 Å². The summed E-state index contributed by atoms with van der Waals surface area (Å²) < 4.78 is 50.9. The molecule has 10 heteroatoms. The van der Waals surface area contributed by atoms with Gasteiger partial charge in [0.05, 0.1) is 30.1 Å². The van der Waals surface area contributed by atoms with Gasteiger partial charge in [-0.1, -0.05) is 19.9 Å². The number of nitrogens with zero attached hydrogens (tertiary/aromatic N) is 3. The third-order valence-electron chi connectivity index (χ3n) is 6.02. The normalized spacial score (nSPS) is 25.8. The summed E-state index contributed by atoms with van der Waals surface area (Å²) in [6, 6.07) is 4.13. The van der Waals surface area contributed by atoms with E-state index in [1.165, 1.54) is 30.6 Å². The molecule has 1 unspecified atom stereocenters. The number of hydrogen-bond donors (Lipinski definition) is 0. The molecule has 4 rings (SSSR count). The van der Waals surface area contributed by atoms with Crippen LogP contribution >= 0.6 is 0 Å². The lowest BCUT2D eigenvalue weighted by molar-refractivity contribution is -0.272. The molecule has 0 aliphatic carbocycles. The van der Waals surface area contributed by atoms with Crippen molar-refractivity contribution in [3.8, 4) is 11.8 Å². The molecule has 2 aliphatic heterocycles. The maximum atomic E-state index is 13.5. The van der Waals surface area contributed by atoms with Gasteiger partial charge in [0.2, 0.25) is 11.8 Å². The number of carbonyl (C=O) groups excluding carboxylic acids is 2. The van der Waals surface area contributed by atoms with Gasteiger partial charge >= 0.3 is 12.2 Å². The number of aromatic nitrogens is 2. The van der Waals surface area contributed by atoms with Crippen molar-refractivity contribution in [3.63, 3.8) is 0 Å². The number of carbonyl (C=O) groups is 2. The van der Waals surface area contributed by atoms with Crippen molar-refractivity contribution in [3.05, 3.63) is 41.7 Å². The summed E-state index contributed by atoms with van der Waals surface area (Å²) in [4.78, 5) is 34.0. The first kappa shape index (κ1) is 21.2. The zero-order valence-electron chi connectivity index (χ0n) is 17.1. The first-order valence-electron chi connectivity index (χ1n) is 9.70. The summed E-state index contributed by atoms with van der Waals surface area (Å²) in [6.45, 7) is 4.40. The first-order valence-corrected chi connectivity index (χ1v) is 9.70. The highest BCUT2D eigenvalue weighted by molar-refractivity contribution is 6.22. The van der Waals surface area contributed by atoms with Gasteiger partial charge < -0.3 is 9.47 Å². The van der Waals surface area contributed by atoms with Gasteiger partial charge in [0.15, 0.2) is 5.60 Å². The second-order valence-corrected chi connectivity index (χ2v) is 8.09. The van der Waals surface area contributed by atoms with Gasteiger partial charge in [-0.3, -0.25) is 9.59 Å². The number of imide groups is 1. The van der Waals surface area contributed by atoms with Crippen molar-refractivity contribution in [2.75, 3.05) is 4.90 Å². The quantitative estimate of drug-likeness (QED) is 0.668. The lowest BCUT2D eigenvalue weighted by Crippen LogP contribution is -2.38. The molecule has 1 aromatic carbocycles. The summed E-state index contributed by atoms with van der Waals surface area (Å²) in [7, 11) is 0. The van der Waals surface area contributed by atoms with Crippen molar-refractivity contribution >= 4 is 17.5 Å². The molecular formula is C21H20F3N3O4. The molecular weight excluding hydrogens is 415 g/mol. The summed E-state index contributed by atoms with van der Waals surface area (Å²) >= 11 is 0. The van der Waals surface area contributed by atoms with Gasteiger partial charge in [-0.15, -0.1) is 0 Å². The molecule has 31 heavy (non-hydrogen) atoms.